The van der Waals surface area contributed by atoms with Crippen molar-refractivity contribution in [3.8, 4) is 0 Å². The minimum Gasteiger partial charge on any atom is -0.393 e. The van der Waals surface area contributed by atoms with Crippen molar-refractivity contribution < 1.29 is 9.94 Å². The van der Waals surface area contributed by atoms with Crippen LogP contribution in [-0.4, -0.2) is 27.4 Å². The van der Waals surface area contributed by atoms with E-state index in [0.29, 0.717) is 0 Å². The standard InChI is InChI=1S/C17H27NO2/c1-13(14-9-7-6-8-10-14)20-18-16(2,3)11-15(19)12-17(18,4)5/h6-10,13,15,19H,11-12H2,1-5H3. The van der Waals surface area contributed by atoms with Gasteiger partial charge in [0.05, 0.1) is 6.10 Å². The second-order valence-corrected chi connectivity index (χ2v) is 7.14. The predicted octanol–water partition coefficient (Wildman–Crippen LogP) is 3.69. The average molecular weight is 277 g/mol. The summed E-state index contributed by atoms with van der Waals surface area (Å²) in [6.07, 6.45) is 1.22. The summed E-state index contributed by atoms with van der Waals surface area (Å²) in [7, 11) is 0. The fourth-order valence-electron chi connectivity index (χ4n) is 3.44. The molecule has 20 heavy (non-hydrogen) atoms. The highest BCUT2D eigenvalue weighted by Crippen LogP contribution is 2.40. The van der Waals surface area contributed by atoms with Gasteiger partial charge in [-0.25, -0.2) is 0 Å². The SMILES string of the molecule is CC(ON1C(C)(C)CC(O)CC1(C)C)c1ccccc1. The van der Waals surface area contributed by atoms with Crippen LogP contribution >= 0.6 is 0 Å². The van der Waals surface area contributed by atoms with Gasteiger partial charge in [0.1, 0.15) is 6.10 Å². The Morgan fingerprint density at radius 3 is 2.10 bits per heavy atom. The number of nitrogens with zero attached hydrogens (tertiary/aromatic N) is 1. The average Bonchev–Trinajstić information content (AvgIpc) is 2.33. The van der Waals surface area contributed by atoms with Gasteiger partial charge >= 0.3 is 0 Å². The van der Waals surface area contributed by atoms with Crippen LogP contribution in [0, 0.1) is 0 Å². The fraction of sp³-hybridized carbons (Fsp3) is 0.647. The third-order valence-corrected chi connectivity index (χ3v) is 4.10. The topological polar surface area (TPSA) is 32.7 Å². The highest BCUT2D eigenvalue weighted by molar-refractivity contribution is 5.16. The summed E-state index contributed by atoms with van der Waals surface area (Å²) in [5.74, 6) is 0. The van der Waals surface area contributed by atoms with Gasteiger partial charge < -0.3 is 5.11 Å². The molecule has 0 spiro atoms. The molecule has 0 aliphatic carbocycles. The van der Waals surface area contributed by atoms with Gasteiger partial charge in [-0.3, -0.25) is 4.84 Å². The molecule has 1 aliphatic rings. The molecule has 3 nitrogen and oxygen atoms in total. The van der Waals surface area contributed by atoms with Crippen molar-refractivity contribution in [3.63, 3.8) is 0 Å². The van der Waals surface area contributed by atoms with E-state index in [1.807, 2.05) is 18.2 Å². The van der Waals surface area contributed by atoms with E-state index in [4.69, 9.17) is 4.84 Å². The van der Waals surface area contributed by atoms with Crippen molar-refractivity contribution in [2.45, 2.75) is 70.7 Å². The molecule has 112 valence electrons. The first-order valence-corrected chi connectivity index (χ1v) is 7.42. The fourth-order valence-corrected chi connectivity index (χ4v) is 3.44. The molecule has 1 N–H and O–H groups in total. The molecular weight excluding hydrogens is 250 g/mol. The van der Waals surface area contributed by atoms with Crippen LogP contribution < -0.4 is 0 Å². The molecule has 0 bridgehead atoms. The maximum atomic E-state index is 10.1. The number of aliphatic hydroxyl groups is 1. The van der Waals surface area contributed by atoms with E-state index in [2.05, 4.69) is 51.8 Å². The lowest BCUT2D eigenvalue weighted by Gasteiger charge is -2.53. The number of hydrogen-bond donors (Lipinski definition) is 1. The van der Waals surface area contributed by atoms with Crippen molar-refractivity contribution in [1.82, 2.24) is 5.06 Å². The lowest BCUT2D eigenvalue weighted by molar-refractivity contribution is -0.313. The van der Waals surface area contributed by atoms with Crippen LogP contribution in [-0.2, 0) is 4.84 Å². The number of hydroxylamine groups is 2. The molecule has 0 radical (unpaired) electrons. The lowest BCUT2D eigenvalue weighted by atomic mass is 9.80. The Morgan fingerprint density at radius 2 is 1.60 bits per heavy atom. The van der Waals surface area contributed by atoms with E-state index in [-0.39, 0.29) is 23.3 Å². The molecule has 0 amide bonds. The number of benzene rings is 1. The van der Waals surface area contributed by atoms with Gasteiger partial charge in [-0.1, -0.05) is 30.3 Å². The number of aliphatic hydroxyl groups excluding tert-OH is 1. The first-order chi connectivity index (χ1) is 9.22. The zero-order valence-corrected chi connectivity index (χ0v) is 13.3. The molecule has 1 aliphatic heterocycles. The highest BCUT2D eigenvalue weighted by Gasteiger charge is 2.46. The minimum atomic E-state index is -0.258. The molecule has 3 heteroatoms. The van der Waals surface area contributed by atoms with Crippen LogP contribution in [0.5, 0.6) is 0 Å². The Hall–Kier alpha value is -0.900. The molecule has 1 aromatic carbocycles. The summed E-state index contributed by atoms with van der Waals surface area (Å²) in [5.41, 5.74) is 0.819. The predicted molar refractivity (Wildman–Crippen MR) is 81.2 cm³/mol. The third kappa shape index (κ3) is 3.22. The van der Waals surface area contributed by atoms with Crippen LogP contribution in [0.4, 0.5) is 0 Å². The smallest absolute Gasteiger partial charge is 0.102 e. The monoisotopic (exact) mass is 277 g/mol. The summed E-state index contributed by atoms with van der Waals surface area (Å²) >= 11 is 0. The zero-order valence-electron chi connectivity index (χ0n) is 13.3. The van der Waals surface area contributed by atoms with Gasteiger partial charge in [0, 0.05) is 11.1 Å². The molecule has 1 aromatic rings. The molecule has 1 fully saturated rings. The molecule has 1 unspecified atom stereocenters. The zero-order chi connectivity index (χ0) is 15.0. The number of hydrogen-bond acceptors (Lipinski definition) is 3. The Morgan fingerprint density at radius 1 is 1.10 bits per heavy atom. The van der Waals surface area contributed by atoms with Crippen LogP contribution in [0.2, 0.25) is 0 Å². The third-order valence-electron chi connectivity index (χ3n) is 4.10. The molecule has 1 atom stereocenters. The summed E-state index contributed by atoms with van der Waals surface area (Å²) < 4.78 is 0. The van der Waals surface area contributed by atoms with Crippen molar-refractivity contribution in [2.75, 3.05) is 0 Å². The molecule has 1 heterocycles. The van der Waals surface area contributed by atoms with Gasteiger partial charge in [0.2, 0.25) is 0 Å². The quantitative estimate of drug-likeness (QED) is 0.914. The Kier molecular flexibility index (Phi) is 4.24. The Bertz CT molecular complexity index is 424. The second-order valence-electron chi connectivity index (χ2n) is 7.14. The minimum absolute atomic E-state index is 0.00462. The van der Waals surface area contributed by atoms with Crippen molar-refractivity contribution >= 4 is 0 Å². The largest absolute Gasteiger partial charge is 0.393 e. The van der Waals surface area contributed by atoms with Crippen molar-refractivity contribution in [3.05, 3.63) is 35.9 Å². The lowest BCUT2D eigenvalue weighted by Crippen LogP contribution is -2.61. The molecular formula is C17H27NO2. The van der Waals surface area contributed by atoms with E-state index in [1.165, 1.54) is 5.56 Å². The number of piperidine rings is 1. The van der Waals surface area contributed by atoms with Crippen molar-refractivity contribution in [2.24, 2.45) is 0 Å². The summed E-state index contributed by atoms with van der Waals surface area (Å²) in [5, 5.41) is 12.2. The van der Waals surface area contributed by atoms with Gasteiger partial charge in [0.25, 0.3) is 0 Å². The maximum absolute atomic E-state index is 10.1. The molecule has 1 saturated heterocycles. The van der Waals surface area contributed by atoms with E-state index in [0.717, 1.165) is 12.8 Å². The Balaban J connectivity index is 2.18. The second kappa shape index (κ2) is 5.47. The van der Waals surface area contributed by atoms with E-state index < -0.39 is 0 Å². The maximum Gasteiger partial charge on any atom is 0.102 e. The summed E-state index contributed by atoms with van der Waals surface area (Å²) in [4.78, 5) is 6.28. The van der Waals surface area contributed by atoms with E-state index in [9.17, 15) is 5.11 Å². The first kappa shape index (κ1) is 15.5. The normalized spacial score (nSPS) is 24.5. The van der Waals surface area contributed by atoms with Crippen LogP contribution in [0.3, 0.4) is 0 Å². The number of rotatable bonds is 3. The van der Waals surface area contributed by atoms with Gasteiger partial charge in [0.15, 0.2) is 0 Å². The summed E-state index contributed by atoms with van der Waals surface area (Å²) in [6, 6.07) is 10.3. The van der Waals surface area contributed by atoms with Crippen LogP contribution in [0.25, 0.3) is 0 Å². The van der Waals surface area contributed by atoms with Gasteiger partial charge in [-0.2, -0.15) is 5.06 Å². The Labute approximate surface area is 122 Å². The van der Waals surface area contributed by atoms with Gasteiger partial charge in [-0.15, -0.1) is 0 Å². The molecule has 0 aromatic heterocycles. The van der Waals surface area contributed by atoms with Crippen LogP contribution in [0.1, 0.15) is 59.1 Å². The molecule has 2 rings (SSSR count). The van der Waals surface area contributed by atoms with Crippen molar-refractivity contribution in [1.29, 1.82) is 0 Å². The first-order valence-electron chi connectivity index (χ1n) is 7.42. The van der Waals surface area contributed by atoms with E-state index in [1.54, 1.807) is 0 Å². The van der Waals surface area contributed by atoms with Gasteiger partial charge in [-0.05, 0) is 53.0 Å². The van der Waals surface area contributed by atoms with Crippen LogP contribution in [0.15, 0.2) is 30.3 Å². The highest BCUT2D eigenvalue weighted by atomic mass is 16.7. The molecule has 0 saturated carbocycles. The van der Waals surface area contributed by atoms with E-state index >= 15 is 0 Å². The summed E-state index contributed by atoms with van der Waals surface area (Å²) in [6.45, 7) is 10.6.